The van der Waals surface area contributed by atoms with E-state index in [-0.39, 0.29) is 11.0 Å². The second-order valence-corrected chi connectivity index (χ2v) is 7.98. The first-order valence-electron chi connectivity index (χ1n) is 7.96. The van der Waals surface area contributed by atoms with Gasteiger partial charge in [0.25, 0.3) is 0 Å². The van der Waals surface area contributed by atoms with Crippen LogP contribution < -0.4 is 5.43 Å². The Morgan fingerprint density at radius 1 is 1.05 bits per heavy atom. The van der Waals surface area contributed by atoms with Crippen LogP contribution in [0.3, 0.4) is 0 Å². The molecule has 0 spiro atoms. The Kier molecular flexibility index (Phi) is 4.60. The third kappa shape index (κ3) is 4.09. The molecule has 1 unspecified atom stereocenters. The molecule has 1 aromatic carbocycles. The van der Waals surface area contributed by atoms with E-state index in [1.54, 1.807) is 0 Å². The lowest BCUT2D eigenvalue weighted by Crippen LogP contribution is -2.31. The highest BCUT2D eigenvalue weighted by atomic mass is 15.3. The predicted octanol–water partition coefficient (Wildman–Crippen LogP) is 5.03. The number of hydrazone groups is 1. The van der Waals surface area contributed by atoms with E-state index in [0.717, 1.165) is 0 Å². The van der Waals surface area contributed by atoms with Gasteiger partial charge < -0.3 is 5.43 Å². The standard InChI is InChI=1S/C20H28N2/c1-19(2,3)18-13-9-12-17(18)16-11-8-7-10-15(16)14-21-22-20(4,5)6/h7-14,17,22H,1-6H3. The van der Waals surface area contributed by atoms with Crippen molar-refractivity contribution in [2.24, 2.45) is 10.5 Å². The molecule has 1 aliphatic carbocycles. The molecule has 0 aliphatic heterocycles. The quantitative estimate of drug-likeness (QED) is 0.613. The van der Waals surface area contributed by atoms with Crippen molar-refractivity contribution in [3.05, 3.63) is 59.2 Å². The first kappa shape index (κ1) is 16.5. The van der Waals surface area contributed by atoms with E-state index in [2.05, 4.69) is 94.6 Å². The second-order valence-electron chi connectivity index (χ2n) is 7.98. The van der Waals surface area contributed by atoms with Crippen molar-refractivity contribution in [1.29, 1.82) is 0 Å². The molecular formula is C20H28N2. The summed E-state index contributed by atoms with van der Waals surface area (Å²) in [5.41, 5.74) is 7.26. The largest absolute Gasteiger partial charge is 0.305 e. The molecule has 2 nitrogen and oxygen atoms in total. The van der Waals surface area contributed by atoms with E-state index in [9.17, 15) is 0 Å². The lowest BCUT2D eigenvalue weighted by molar-refractivity contribution is 0.442. The van der Waals surface area contributed by atoms with Crippen LogP contribution in [0.4, 0.5) is 0 Å². The summed E-state index contributed by atoms with van der Waals surface area (Å²) in [6.07, 6.45) is 8.65. The van der Waals surface area contributed by atoms with Crippen LogP contribution in [0.25, 0.3) is 0 Å². The summed E-state index contributed by atoms with van der Waals surface area (Å²) in [7, 11) is 0. The number of benzene rings is 1. The normalized spacial score (nSPS) is 18.8. The Balaban J connectivity index is 2.30. The smallest absolute Gasteiger partial charge is 0.0543 e. The van der Waals surface area contributed by atoms with Gasteiger partial charge in [0.1, 0.15) is 0 Å². The van der Waals surface area contributed by atoms with Crippen LogP contribution in [0.15, 0.2) is 53.2 Å². The fraction of sp³-hybridized carbons (Fsp3) is 0.450. The number of nitrogens with one attached hydrogen (secondary N) is 1. The molecule has 0 amide bonds. The van der Waals surface area contributed by atoms with Gasteiger partial charge in [-0.2, -0.15) is 5.10 Å². The average molecular weight is 296 g/mol. The fourth-order valence-corrected chi connectivity index (χ4v) is 2.67. The maximum atomic E-state index is 4.41. The molecule has 0 saturated carbocycles. The number of rotatable bonds is 3. The van der Waals surface area contributed by atoms with Crippen LogP contribution in [0.2, 0.25) is 0 Å². The highest BCUT2D eigenvalue weighted by Gasteiger charge is 2.27. The molecule has 0 aromatic heterocycles. The van der Waals surface area contributed by atoms with Gasteiger partial charge in [-0.05, 0) is 37.3 Å². The zero-order valence-corrected chi connectivity index (χ0v) is 14.6. The SMILES string of the molecule is CC(C)(C)NN=Cc1ccccc1C1C=CC=C1C(C)(C)C. The number of allylic oxidation sites excluding steroid dienone is 4. The maximum Gasteiger partial charge on any atom is 0.0543 e. The van der Waals surface area contributed by atoms with Crippen molar-refractivity contribution in [2.75, 3.05) is 0 Å². The Labute approximate surface area is 135 Å². The summed E-state index contributed by atoms with van der Waals surface area (Å²) in [4.78, 5) is 0. The van der Waals surface area contributed by atoms with Crippen molar-refractivity contribution in [2.45, 2.75) is 53.0 Å². The molecule has 1 aromatic rings. The van der Waals surface area contributed by atoms with Crippen LogP contribution in [-0.4, -0.2) is 11.8 Å². The lowest BCUT2D eigenvalue weighted by Gasteiger charge is -2.27. The highest BCUT2D eigenvalue weighted by molar-refractivity contribution is 5.82. The molecule has 118 valence electrons. The summed E-state index contributed by atoms with van der Waals surface area (Å²) >= 11 is 0. The van der Waals surface area contributed by atoms with E-state index >= 15 is 0 Å². The molecule has 0 fully saturated rings. The summed E-state index contributed by atoms with van der Waals surface area (Å²) in [6.45, 7) is 13.1. The summed E-state index contributed by atoms with van der Waals surface area (Å²) < 4.78 is 0. The van der Waals surface area contributed by atoms with Gasteiger partial charge in [0.2, 0.25) is 0 Å². The van der Waals surface area contributed by atoms with Gasteiger partial charge in [0.15, 0.2) is 0 Å². The highest BCUT2D eigenvalue weighted by Crippen LogP contribution is 2.41. The first-order chi connectivity index (χ1) is 10.2. The average Bonchev–Trinajstić information content (AvgIpc) is 2.87. The molecule has 1 aliphatic rings. The number of hydrogen-bond donors (Lipinski definition) is 1. The zero-order chi connectivity index (χ0) is 16.4. The van der Waals surface area contributed by atoms with Gasteiger partial charge in [-0.25, -0.2) is 0 Å². The molecule has 22 heavy (non-hydrogen) atoms. The zero-order valence-electron chi connectivity index (χ0n) is 14.6. The first-order valence-corrected chi connectivity index (χ1v) is 7.96. The molecule has 0 radical (unpaired) electrons. The summed E-state index contributed by atoms with van der Waals surface area (Å²) in [6, 6.07) is 8.52. The molecule has 2 heteroatoms. The molecule has 0 bridgehead atoms. The molecule has 0 saturated heterocycles. The van der Waals surface area contributed by atoms with Gasteiger partial charge in [-0.15, -0.1) is 0 Å². The molecular weight excluding hydrogens is 268 g/mol. The summed E-state index contributed by atoms with van der Waals surface area (Å²) in [5.74, 6) is 0.345. The van der Waals surface area contributed by atoms with Crippen LogP contribution >= 0.6 is 0 Å². The number of hydrogen-bond acceptors (Lipinski definition) is 2. The van der Waals surface area contributed by atoms with E-state index in [1.165, 1.54) is 16.7 Å². The second kappa shape index (κ2) is 6.12. The van der Waals surface area contributed by atoms with Crippen LogP contribution in [-0.2, 0) is 0 Å². The maximum absolute atomic E-state index is 4.41. The topological polar surface area (TPSA) is 24.4 Å². The van der Waals surface area contributed by atoms with Crippen molar-refractivity contribution in [3.8, 4) is 0 Å². The minimum atomic E-state index is -0.0187. The van der Waals surface area contributed by atoms with Crippen molar-refractivity contribution < 1.29 is 0 Å². The van der Waals surface area contributed by atoms with Crippen LogP contribution in [0.5, 0.6) is 0 Å². The third-order valence-electron chi connectivity index (χ3n) is 3.72. The van der Waals surface area contributed by atoms with Crippen molar-refractivity contribution in [3.63, 3.8) is 0 Å². The Morgan fingerprint density at radius 2 is 1.73 bits per heavy atom. The predicted molar refractivity (Wildman–Crippen MR) is 96.3 cm³/mol. The van der Waals surface area contributed by atoms with E-state index in [1.807, 2.05) is 6.21 Å². The molecule has 0 heterocycles. The molecule has 1 N–H and O–H groups in total. The fourth-order valence-electron chi connectivity index (χ4n) is 2.67. The Morgan fingerprint density at radius 3 is 2.36 bits per heavy atom. The van der Waals surface area contributed by atoms with Gasteiger partial charge >= 0.3 is 0 Å². The number of nitrogens with zero attached hydrogens (tertiary/aromatic N) is 1. The van der Waals surface area contributed by atoms with Gasteiger partial charge in [-0.3, -0.25) is 0 Å². The molecule has 2 rings (SSSR count). The van der Waals surface area contributed by atoms with E-state index < -0.39 is 0 Å². The lowest BCUT2D eigenvalue weighted by atomic mass is 9.77. The Bertz CT molecular complexity index is 607. The van der Waals surface area contributed by atoms with E-state index in [4.69, 9.17) is 0 Å². The van der Waals surface area contributed by atoms with Gasteiger partial charge in [0, 0.05) is 11.5 Å². The van der Waals surface area contributed by atoms with Crippen LogP contribution in [0, 0.1) is 5.41 Å². The van der Waals surface area contributed by atoms with Crippen LogP contribution in [0.1, 0.15) is 58.6 Å². The summed E-state index contributed by atoms with van der Waals surface area (Å²) in [5, 5.41) is 4.41. The molecule has 1 atom stereocenters. The van der Waals surface area contributed by atoms with Gasteiger partial charge in [0.05, 0.1) is 6.21 Å². The van der Waals surface area contributed by atoms with Gasteiger partial charge in [-0.1, -0.05) is 68.8 Å². The van der Waals surface area contributed by atoms with E-state index in [0.29, 0.717) is 5.92 Å². The minimum absolute atomic E-state index is 0.0187. The minimum Gasteiger partial charge on any atom is -0.305 e. The van der Waals surface area contributed by atoms with Crippen molar-refractivity contribution >= 4 is 6.21 Å². The Hall–Kier alpha value is -1.83. The van der Waals surface area contributed by atoms with Crippen molar-refractivity contribution in [1.82, 2.24) is 5.43 Å². The third-order valence-corrected chi connectivity index (χ3v) is 3.72. The monoisotopic (exact) mass is 296 g/mol.